The van der Waals surface area contributed by atoms with Gasteiger partial charge in [0, 0.05) is 12.1 Å². The summed E-state index contributed by atoms with van der Waals surface area (Å²) in [5.74, 6) is -0.606. The molecule has 0 aliphatic heterocycles. The molecule has 0 unspecified atom stereocenters. The molecule has 16 heavy (non-hydrogen) atoms. The molecule has 1 aromatic heterocycles. The van der Waals surface area contributed by atoms with Crippen molar-refractivity contribution < 1.29 is 14.5 Å². The monoisotopic (exact) mass is 226 g/mol. The fraction of sp³-hybridized carbons (Fsp3) is 0.333. The van der Waals surface area contributed by atoms with Crippen LogP contribution in [0.3, 0.4) is 0 Å². The molecule has 1 aromatic rings. The van der Waals surface area contributed by atoms with Crippen LogP contribution in [0.4, 0.5) is 5.69 Å². The molecule has 0 aromatic carbocycles. The number of pyridine rings is 1. The van der Waals surface area contributed by atoms with E-state index in [0.29, 0.717) is 0 Å². The zero-order valence-electron chi connectivity index (χ0n) is 8.58. The molecule has 0 bridgehead atoms. The van der Waals surface area contributed by atoms with Gasteiger partial charge in [-0.2, -0.15) is 0 Å². The van der Waals surface area contributed by atoms with Crippen LogP contribution in [0.25, 0.3) is 0 Å². The average molecular weight is 226 g/mol. The van der Waals surface area contributed by atoms with E-state index in [9.17, 15) is 19.7 Å². The standard InChI is InChI=1S/C9H10N2O5/c1-2-16-9(13)6-10-5-7(11(14)15)3-4-8(10)12/h3-5H,2,6H2,1H3. The van der Waals surface area contributed by atoms with Crippen molar-refractivity contribution in [1.29, 1.82) is 0 Å². The molecule has 0 N–H and O–H groups in total. The van der Waals surface area contributed by atoms with Gasteiger partial charge in [0.2, 0.25) is 0 Å². The van der Waals surface area contributed by atoms with Gasteiger partial charge in [0.25, 0.3) is 11.2 Å². The van der Waals surface area contributed by atoms with Crippen molar-refractivity contribution in [1.82, 2.24) is 4.57 Å². The van der Waals surface area contributed by atoms with E-state index in [-0.39, 0.29) is 18.8 Å². The zero-order valence-corrected chi connectivity index (χ0v) is 8.58. The third-order valence-electron chi connectivity index (χ3n) is 1.78. The number of hydrogen-bond acceptors (Lipinski definition) is 5. The Kier molecular flexibility index (Phi) is 3.76. The zero-order chi connectivity index (χ0) is 12.1. The summed E-state index contributed by atoms with van der Waals surface area (Å²) < 4.78 is 5.57. The van der Waals surface area contributed by atoms with E-state index in [1.165, 1.54) is 0 Å². The molecule has 7 heteroatoms. The Morgan fingerprint density at radius 3 is 2.81 bits per heavy atom. The van der Waals surface area contributed by atoms with Gasteiger partial charge in [0.1, 0.15) is 6.54 Å². The highest BCUT2D eigenvalue weighted by molar-refractivity contribution is 5.69. The average Bonchev–Trinajstić information content (AvgIpc) is 2.21. The molecule has 0 aliphatic carbocycles. The lowest BCUT2D eigenvalue weighted by atomic mass is 10.4. The Morgan fingerprint density at radius 1 is 1.56 bits per heavy atom. The van der Waals surface area contributed by atoms with Crippen molar-refractivity contribution in [3.8, 4) is 0 Å². The summed E-state index contributed by atoms with van der Waals surface area (Å²) >= 11 is 0. The van der Waals surface area contributed by atoms with Crippen molar-refractivity contribution >= 4 is 11.7 Å². The number of carbonyl (C=O) groups is 1. The Morgan fingerprint density at radius 2 is 2.25 bits per heavy atom. The van der Waals surface area contributed by atoms with Crippen molar-refractivity contribution in [2.45, 2.75) is 13.5 Å². The number of nitro groups is 1. The Bertz CT molecular complexity index is 465. The van der Waals surface area contributed by atoms with Gasteiger partial charge in [-0.3, -0.25) is 24.3 Å². The van der Waals surface area contributed by atoms with Crippen molar-refractivity contribution in [3.63, 3.8) is 0 Å². The molecule has 0 amide bonds. The second-order valence-corrected chi connectivity index (χ2v) is 2.92. The molecule has 1 rings (SSSR count). The van der Waals surface area contributed by atoms with Crippen molar-refractivity contribution in [2.24, 2.45) is 0 Å². The number of esters is 1. The summed E-state index contributed by atoms with van der Waals surface area (Å²) in [5, 5.41) is 10.4. The van der Waals surface area contributed by atoms with Crippen LogP contribution >= 0.6 is 0 Å². The molecule has 86 valence electrons. The van der Waals surface area contributed by atoms with Crippen LogP contribution in [0.15, 0.2) is 23.1 Å². The first-order valence-electron chi connectivity index (χ1n) is 4.55. The lowest BCUT2D eigenvalue weighted by Gasteiger charge is -2.04. The van der Waals surface area contributed by atoms with Crippen LogP contribution < -0.4 is 5.56 Å². The SMILES string of the molecule is CCOC(=O)Cn1cc([N+](=O)[O-])ccc1=O. The Hall–Kier alpha value is -2.18. The van der Waals surface area contributed by atoms with Gasteiger partial charge in [-0.05, 0) is 6.92 Å². The van der Waals surface area contributed by atoms with Crippen LogP contribution in [0, 0.1) is 10.1 Å². The molecule has 0 spiro atoms. The number of nitrogens with zero attached hydrogens (tertiary/aromatic N) is 2. The summed E-state index contributed by atoms with van der Waals surface area (Å²) in [6.07, 6.45) is 1.01. The smallest absolute Gasteiger partial charge is 0.326 e. The highest BCUT2D eigenvalue weighted by Gasteiger charge is 2.10. The molecule has 0 atom stereocenters. The minimum Gasteiger partial charge on any atom is -0.465 e. The molecule has 0 saturated carbocycles. The fourth-order valence-electron chi connectivity index (χ4n) is 1.10. The van der Waals surface area contributed by atoms with Crippen molar-refractivity contribution in [2.75, 3.05) is 6.61 Å². The van der Waals surface area contributed by atoms with Crippen molar-refractivity contribution in [3.05, 3.63) is 38.8 Å². The van der Waals surface area contributed by atoms with Gasteiger partial charge >= 0.3 is 5.97 Å². The van der Waals surface area contributed by atoms with E-state index < -0.39 is 16.5 Å². The minimum absolute atomic E-state index is 0.197. The van der Waals surface area contributed by atoms with Gasteiger partial charge in [-0.1, -0.05) is 0 Å². The summed E-state index contributed by atoms with van der Waals surface area (Å²) in [4.78, 5) is 32.2. The predicted octanol–water partition coefficient (Wildman–Crippen LogP) is 0.320. The highest BCUT2D eigenvalue weighted by Crippen LogP contribution is 2.06. The van der Waals surface area contributed by atoms with Crippen LogP contribution in [-0.2, 0) is 16.1 Å². The maximum Gasteiger partial charge on any atom is 0.326 e. The van der Waals surface area contributed by atoms with Gasteiger partial charge < -0.3 is 4.74 Å². The third-order valence-corrected chi connectivity index (χ3v) is 1.78. The lowest BCUT2D eigenvalue weighted by Crippen LogP contribution is -2.24. The van der Waals surface area contributed by atoms with Crippen LogP contribution in [0.2, 0.25) is 0 Å². The number of carbonyl (C=O) groups excluding carboxylic acids is 1. The first-order chi connectivity index (χ1) is 7.54. The lowest BCUT2D eigenvalue weighted by molar-refractivity contribution is -0.385. The molecule has 1 heterocycles. The number of rotatable bonds is 4. The Labute approximate surface area is 90.4 Å². The predicted molar refractivity (Wildman–Crippen MR) is 54.0 cm³/mol. The van der Waals surface area contributed by atoms with E-state index in [2.05, 4.69) is 4.74 Å². The maximum absolute atomic E-state index is 11.3. The van der Waals surface area contributed by atoms with Crippen LogP contribution in [0.1, 0.15) is 6.92 Å². The van der Waals surface area contributed by atoms with Crippen LogP contribution in [-0.4, -0.2) is 22.1 Å². The molecular formula is C9H10N2O5. The molecular weight excluding hydrogens is 216 g/mol. The molecule has 0 radical (unpaired) electrons. The third kappa shape index (κ3) is 2.91. The number of hydrogen-bond donors (Lipinski definition) is 0. The summed E-state index contributed by atoms with van der Waals surface area (Å²) in [6.45, 7) is 1.50. The van der Waals surface area contributed by atoms with Crippen LogP contribution in [0.5, 0.6) is 0 Å². The Balaban J connectivity index is 2.94. The fourth-order valence-corrected chi connectivity index (χ4v) is 1.10. The molecule has 7 nitrogen and oxygen atoms in total. The molecule has 0 saturated heterocycles. The van der Waals surface area contributed by atoms with Gasteiger partial charge in [-0.25, -0.2) is 0 Å². The van der Waals surface area contributed by atoms with E-state index >= 15 is 0 Å². The van der Waals surface area contributed by atoms with E-state index in [4.69, 9.17) is 0 Å². The summed E-state index contributed by atoms with van der Waals surface area (Å²) in [7, 11) is 0. The minimum atomic E-state index is -0.638. The topological polar surface area (TPSA) is 91.4 Å². The highest BCUT2D eigenvalue weighted by atomic mass is 16.6. The van der Waals surface area contributed by atoms with E-state index in [1.54, 1.807) is 6.92 Å². The second kappa shape index (κ2) is 5.06. The van der Waals surface area contributed by atoms with E-state index in [0.717, 1.165) is 22.9 Å². The second-order valence-electron chi connectivity index (χ2n) is 2.92. The summed E-state index contributed by atoms with van der Waals surface area (Å²) in [5.41, 5.74) is -0.734. The molecule has 0 aliphatic rings. The van der Waals surface area contributed by atoms with E-state index in [1.807, 2.05) is 0 Å². The normalized spacial score (nSPS) is 9.81. The largest absolute Gasteiger partial charge is 0.465 e. The first kappa shape index (κ1) is 11.9. The summed E-state index contributed by atoms with van der Waals surface area (Å²) in [6, 6.07) is 2.13. The maximum atomic E-state index is 11.3. The quantitative estimate of drug-likeness (QED) is 0.419. The number of ether oxygens (including phenoxy) is 1. The van der Waals surface area contributed by atoms with Gasteiger partial charge in [0.15, 0.2) is 0 Å². The number of aromatic nitrogens is 1. The molecule has 0 fully saturated rings. The van der Waals surface area contributed by atoms with Gasteiger partial charge in [-0.15, -0.1) is 0 Å². The first-order valence-corrected chi connectivity index (χ1v) is 4.55. The van der Waals surface area contributed by atoms with Gasteiger partial charge in [0.05, 0.1) is 17.7 Å².